The molecule has 202 valence electrons. The Morgan fingerprint density at radius 1 is 0.892 bits per heavy atom. The van der Waals surface area contributed by atoms with Crippen LogP contribution < -0.4 is 20.5 Å². The lowest BCUT2D eigenvalue weighted by Gasteiger charge is -2.07. The lowest BCUT2D eigenvalue weighted by molar-refractivity contribution is -0.683. The number of nitrogens with one attached hydrogen (secondary N) is 3. The highest BCUT2D eigenvalue weighted by Crippen LogP contribution is 2.20. The first-order valence-corrected chi connectivity index (χ1v) is 10.9. The van der Waals surface area contributed by atoms with Crippen LogP contribution in [0.3, 0.4) is 0 Å². The predicted molar refractivity (Wildman–Crippen MR) is 117 cm³/mol. The summed E-state index contributed by atoms with van der Waals surface area (Å²) in [4.78, 5) is 33.0. The van der Waals surface area contributed by atoms with Gasteiger partial charge in [0.2, 0.25) is 5.91 Å². The van der Waals surface area contributed by atoms with E-state index in [1.165, 1.54) is 6.92 Å². The van der Waals surface area contributed by atoms with Gasteiger partial charge in [-0.3, -0.25) is 14.4 Å². The molecule has 3 amide bonds. The minimum Gasteiger partial charge on any atom is -0.348 e. The van der Waals surface area contributed by atoms with Crippen LogP contribution in [0.1, 0.15) is 19.8 Å². The Morgan fingerprint density at radius 3 is 2.00 bits per heavy atom. The van der Waals surface area contributed by atoms with Crippen LogP contribution in [-0.4, -0.2) is 47.7 Å². The third kappa shape index (κ3) is 9.89. The minimum atomic E-state index is -4.99. The van der Waals surface area contributed by atoms with Crippen molar-refractivity contribution >= 4 is 35.0 Å². The van der Waals surface area contributed by atoms with Crippen molar-refractivity contribution in [3.63, 3.8) is 0 Å². The van der Waals surface area contributed by atoms with E-state index in [-0.39, 0.29) is 50.9 Å². The number of hydrogen-bond acceptors (Lipinski definition) is 5. The number of nitrogens with zero attached hydrogens (tertiary/aromatic N) is 4. The summed E-state index contributed by atoms with van der Waals surface area (Å²) < 4.78 is 77.0. The SMILES string of the molecule is CC(=O)Nc1ccc(N=Nc2n(CCCNC(=O)C(F)(F)F)cc[n+]2CCCNC(=O)C(F)(F)F)cc1. The second-order valence-corrected chi connectivity index (χ2v) is 7.63. The molecule has 0 saturated carbocycles. The maximum Gasteiger partial charge on any atom is 0.471 e. The predicted octanol–water partition coefficient (Wildman–Crippen LogP) is 3.29. The van der Waals surface area contributed by atoms with Gasteiger partial charge in [0.25, 0.3) is 0 Å². The van der Waals surface area contributed by atoms with E-state index in [1.807, 2.05) is 0 Å². The number of amides is 3. The number of hydrogen-bond donors (Lipinski definition) is 3. The maximum absolute atomic E-state index is 12.3. The van der Waals surface area contributed by atoms with Gasteiger partial charge in [-0.25, -0.2) is 9.13 Å². The van der Waals surface area contributed by atoms with E-state index >= 15 is 0 Å². The van der Waals surface area contributed by atoms with Crippen molar-refractivity contribution in [3.05, 3.63) is 36.7 Å². The van der Waals surface area contributed by atoms with E-state index in [2.05, 4.69) is 15.5 Å². The largest absolute Gasteiger partial charge is 0.471 e. The van der Waals surface area contributed by atoms with Crippen LogP contribution in [0.25, 0.3) is 0 Å². The maximum atomic E-state index is 12.3. The van der Waals surface area contributed by atoms with Crippen LogP contribution >= 0.6 is 0 Å². The van der Waals surface area contributed by atoms with Gasteiger partial charge < -0.3 is 16.0 Å². The molecule has 3 N–H and O–H groups in total. The Labute approximate surface area is 206 Å². The molecule has 0 fully saturated rings. The van der Waals surface area contributed by atoms with Gasteiger partial charge in [0.1, 0.15) is 5.69 Å². The van der Waals surface area contributed by atoms with E-state index in [0.29, 0.717) is 11.4 Å². The van der Waals surface area contributed by atoms with Crippen molar-refractivity contribution in [1.82, 2.24) is 15.2 Å². The molecule has 0 aliphatic heterocycles. The van der Waals surface area contributed by atoms with E-state index in [0.717, 1.165) is 0 Å². The van der Waals surface area contributed by atoms with Gasteiger partial charge in [0, 0.05) is 30.8 Å². The lowest BCUT2D eigenvalue weighted by atomic mass is 10.3. The number of alkyl halides is 6. The molecule has 0 atom stereocenters. The molecule has 2 aromatic rings. The molecule has 37 heavy (non-hydrogen) atoms. The fourth-order valence-corrected chi connectivity index (χ4v) is 2.94. The summed E-state index contributed by atoms with van der Waals surface area (Å²) in [6.07, 6.45) is -6.65. The number of azo groups is 1. The third-order valence-electron chi connectivity index (χ3n) is 4.62. The number of carbonyl (C=O) groups is 3. The van der Waals surface area contributed by atoms with Gasteiger partial charge in [-0.2, -0.15) is 26.3 Å². The topological polar surface area (TPSA) is 121 Å². The number of benzene rings is 1. The smallest absolute Gasteiger partial charge is 0.348 e. The van der Waals surface area contributed by atoms with Crippen molar-refractivity contribution in [2.45, 2.75) is 45.2 Å². The number of anilines is 1. The fraction of sp³-hybridized carbons (Fsp3) is 0.429. The normalized spacial score (nSPS) is 12.0. The summed E-state index contributed by atoms with van der Waals surface area (Å²) in [7, 11) is 0. The van der Waals surface area contributed by atoms with Crippen LogP contribution in [0.5, 0.6) is 0 Å². The zero-order valence-electron chi connectivity index (χ0n) is 19.5. The molecule has 1 aromatic heterocycles. The molecule has 0 aliphatic rings. The highest BCUT2D eigenvalue weighted by Gasteiger charge is 2.38. The highest BCUT2D eigenvalue weighted by molar-refractivity contribution is 5.88. The zero-order chi connectivity index (χ0) is 27.6. The van der Waals surface area contributed by atoms with Gasteiger partial charge in [0.05, 0.1) is 25.5 Å². The number of halogens is 6. The lowest BCUT2D eigenvalue weighted by Crippen LogP contribution is -2.39. The number of aromatic nitrogens is 2. The molecule has 16 heteroatoms. The summed E-state index contributed by atoms with van der Waals surface area (Å²) in [6.45, 7) is 1.11. The Balaban J connectivity index is 2.09. The van der Waals surface area contributed by atoms with Crippen molar-refractivity contribution in [2.75, 3.05) is 18.4 Å². The summed E-state index contributed by atoms with van der Waals surface area (Å²) in [6, 6.07) is 6.34. The molecule has 0 aliphatic carbocycles. The first-order chi connectivity index (χ1) is 17.3. The van der Waals surface area contributed by atoms with Crippen LogP contribution in [0.15, 0.2) is 46.9 Å². The zero-order valence-corrected chi connectivity index (χ0v) is 19.5. The Bertz CT molecular complexity index is 1060. The van der Waals surface area contributed by atoms with Crippen molar-refractivity contribution in [2.24, 2.45) is 10.2 Å². The van der Waals surface area contributed by atoms with Crippen LogP contribution in [0.4, 0.5) is 43.7 Å². The molecule has 0 saturated heterocycles. The molecule has 10 nitrogen and oxygen atoms in total. The van der Waals surface area contributed by atoms with Crippen LogP contribution in [0, 0.1) is 0 Å². The molecule has 1 heterocycles. The molecular formula is C21H24F6N7O3+. The molecule has 0 spiro atoms. The van der Waals surface area contributed by atoms with Gasteiger partial charge in [0.15, 0.2) is 0 Å². The summed E-state index contributed by atoms with van der Waals surface area (Å²) in [5.74, 6) is -4.14. The molecule has 0 bridgehead atoms. The average Bonchev–Trinajstić information content (AvgIpc) is 3.18. The van der Waals surface area contributed by atoms with E-state index in [1.54, 1.807) is 56.4 Å². The average molecular weight is 536 g/mol. The Hall–Kier alpha value is -3.98. The first kappa shape index (κ1) is 29.3. The number of rotatable bonds is 11. The Morgan fingerprint density at radius 2 is 1.46 bits per heavy atom. The number of carbonyl (C=O) groups excluding carboxylic acids is 3. The second-order valence-electron chi connectivity index (χ2n) is 7.63. The van der Waals surface area contributed by atoms with Gasteiger partial charge in [-0.1, -0.05) is 5.11 Å². The van der Waals surface area contributed by atoms with Gasteiger partial charge >= 0.3 is 30.1 Å². The molecule has 2 rings (SSSR count). The standard InChI is InChI=1S/C21H23F6N7O3/c1-14(35)30-15-4-6-16(7-5-15)31-32-19-33(10-2-8-28-17(36)20(22,23)24)12-13-34(19)11-3-9-29-18(37)21(25,26)27/h4-7,12-13H,2-3,8-11H2,1H3,(H2,28,29,36,37)/p+1. The first-order valence-electron chi connectivity index (χ1n) is 10.9. The van der Waals surface area contributed by atoms with Gasteiger partial charge in [-0.15, -0.1) is 0 Å². The number of imidazole rings is 1. The highest BCUT2D eigenvalue weighted by atomic mass is 19.4. The van der Waals surface area contributed by atoms with Gasteiger partial charge in [-0.05, 0) is 37.1 Å². The summed E-state index contributed by atoms with van der Waals surface area (Å²) in [5, 5.41) is 14.4. The Kier molecular flexibility index (Phi) is 10.1. The van der Waals surface area contributed by atoms with Crippen molar-refractivity contribution in [3.8, 4) is 0 Å². The molecule has 0 radical (unpaired) electrons. The fourth-order valence-electron chi connectivity index (χ4n) is 2.94. The molecule has 1 aromatic carbocycles. The van der Waals surface area contributed by atoms with Crippen molar-refractivity contribution in [1.29, 1.82) is 0 Å². The van der Waals surface area contributed by atoms with Crippen LogP contribution in [0.2, 0.25) is 0 Å². The third-order valence-corrected chi connectivity index (χ3v) is 4.62. The van der Waals surface area contributed by atoms with E-state index in [4.69, 9.17) is 0 Å². The quantitative estimate of drug-likeness (QED) is 0.177. The molecular weight excluding hydrogens is 512 g/mol. The second kappa shape index (κ2) is 12.8. The minimum absolute atomic E-state index is 0.117. The summed E-state index contributed by atoms with van der Waals surface area (Å²) in [5.41, 5.74) is 0.940. The van der Waals surface area contributed by atoms with E-state index < -0.39 is 24.2 Å². The van der Waals surface area contributed by atoms with Crippen LogP contribution in [-0.2, 0) is 27.5 Å². The van der Waals surface area contributed by atoms with E-state index in [9.17, 15) is 40.7 Å². The molecule has 0 unspecified atom stereocenters. The summed E-state index contributed by atoms with van der Waals surface area (Å²) >= 11 is 0. The monoisotopic (exact) mass is 536 g/mol. The number of aryl methyl sites for hydroxylation is 2. The van der Waals surface area contributed by atoms with Crippen molar-refractivity contribution < 1.29 is 45.3 Å².